The molecule has 0 saturated heterocycles. The molecule has 1 aliphatic rings. The average Bonchev–Trinajstić information content (AvgIpc) is 3.39. The first-order valence-electron chi connectivity index (χ1n) is 7.98. The predicted octanol–water partition coefficient (Wildman–Crippen LogP) is 3.48. The molecule has 1 heterocycles. The Balaban J connectivity index is 1.62. The number of benzene rings is 2. The van der Waals surface area contributed by atoms with E-state index in [4.69, 9.17) is 0 Å². The minimum absolute atomic E-state index is 0.229. The van der Waals surface area contributed by atoms with E-state index in [0.717, 1.165) is 12.8 Å². The van der Waals surface area contributed by atoms with Gasteiger partial charge in [-0.3, -0.25) is 4.79 Å². The summed E-state index contributed by atoms with van der Waals surface area (Å²) in [5.41, 5.74) is -0.117. The fraction of sp³-hybridized carbons (Fsp3) is 0.176. The summed E-state index contributed by atoms with van der Waals surface area (Å²) in [5.74, 6) is -8.06. The predicted molar refractivity (Wildman–Crippen MR) is 85.8 cm³/mol. The van der Waals surface area contributed by atoms with Crippen LogP contribution in [-0.4, -0.2) is 26.1 Å². The SMILES string of the molecule is O=C(Nc1cccc(-c2nnnn2C2CC2)c1)c1cc(F)c(F)c(F)c1F. The zero-order valence-corrected chi connectivity index (χ0v) is 13.6. The first kappa shape index (κ1) is 17.1. The van der Waals surface area contributed by atoms with Crippen LogP contribution in [0, 0.1) is 23.3 Å². The van der Waals surface area contributed by atoms with Gasteiger partial charge < -0.3 is 5.32 Å². The summed E-state index contributed by atoms with van der Waals surface area (Å²) < 4.78 is 55.1. The summed E-state index contributed by atoms with van der Waals surface area (Å²) in [6, 6.07) is 6.90. The number of carbonyl (C=O) groups is 1. The van der Waals surface area contributed by atoms with Crippen molar-refractivity contribution in [1.82, 2.24) is 20.2 Å². The van der Waals surface area contributed by atoms with Gasteiger partial charge in [-0.25, -0.2) is 22.2 Å². The van der Waals surface area contributed by atoms with Crippen molar-refractivity contribution >= 4 is 11.6 Å². The van der Waals surface area contributed by atoms with Crippen LogP contribution in [0.3, 0.4) is 0 Å². The molecule has 1 aliphatic carbocycles. The van der Waals surface area contributed by atoms with Gasteiger partial charge in [0, 0.05) is 11.3 Å². The Morgan fingerprint density at radius 3 is 2.59 bits per heavy atom. The third kappa shape index (κ3) is 3.14. The highest BCUT2D eigenvalue weighted by Crippen LogP contribution is 2.36. The molecule has 1 N–H and O–H groups in total. The lowest BCUT2D eigenvalue weighted by molar-refractivity contribution is 0.102. The van der Waals surface area contributed by atoms with Crippen molar-refractivity contribution in [3.05, 3.63) is 59.2 Å². The number of nitrogens with zero attached hydrogens (tertiary/aromatic N) is 4. The molecule has 0 bridgehead atoms. The van der Waals surface area contributed by atoms with E-state index >= 15 is 0 Å². The van der Waals surface area contributed by atoms with E-state index in [0.29, 0.717) is 17.5 Å². The number of hydrogen-bond donors (Lipinski definition) is 1. The van der Waals surface area contributed by atoms with Crippen LogP contribution in [-0.2, 0) is 0 Å². The fourth-order valence-electron chi connectivity index (χ4n) is 2.62. The van der Waals surface area contributed by atoms with Crippen molar-refractivity contribution in [3.63, 3.8) is 0 Å². The number of halogens is 4. The second-order valence-corrected chi connectivity index (χ2v) is 6.06. The number of amides is 1. The first-order chi connectivity index (χ1) is 13.0. The van der Waals surface area contributed by atoms with Gasteiger partial charge in [-0.1, -0.05) is 12.1 Å². The van der Waals surface area contributed by atoms with Crippen LogP contribution < -0.4 is 5.32 Å². The third-order valence-electron chi connectivity index (χ3n) is 4.11. The van der Waals surface area contributed by atoms with E-state index in [1.807, 2.05) is 0 Å². The maximum Gasteiger partial charge on any atom is 0.258 e. The molecule has 0 spiro atoms. The van der Waals surface area contributed by atoms with Crippen LogP contribution in [0.4, 0.5) is 23.2 Å². The van der Waals surface area contributed by atoms with Gasteiger partial charge in [0.25, 0.3) is 5.91 Å². The summed E-state index contributed by atoms with van der Waals surface area (Å²) in [6.45, 7) is 0. The minimum atomic E-state index is -2.04. The van der Waals surface area contributed by atoms with Crippen molar-refractivity contribution in [2.24, 2.45) is 0 Å². The Kier molecular flexibility index (Phi) is 4.09. The third-order valence-corrected chi connectivity index (χ3v) is 4.11. The number of nitrogens with one attached hydrogen (secondary N) is 1. The molecule has 138 valence electrons. The fourth-order valence-corrected chi connectivity index (χ4v) is 2.62. The zero-order chi connectivity index (χ0) is 19.1. The van der Waals surface area contributed by atoms with Gasteiger partial charge >= 0.3 is 0 Å². The highest BCUT2D eigenvalue weighted by molar-refractivity contribution is 6.04. The van der Waals surface area contributed by atoms with Crippen molar-refractivity contribution < 1.29 is 22.4 Å². The molecule has 6 nitrogen and oxygen atoms in total. The second-order valence-electron chi connectivity index (χ2n) is 6.06. The normalized spacial score (nSPS) is 13.6. The molecule has 0 aliphatic heterocycles. The molecule has 27 heavy (non-hydrogen) atoms. The highest BCUT2D eigenvalue weighted by atomic mass is 19.2. The molecule has 10 heteroatoms. The Morgan fingerprint density at radius 1 is 1.07 bits per heavy atom. The quantitative estimate of drug-likeness (QED) is 0.429. The molecular formula is C17H11F4N5O. The van der Waals surface area contributed by atoms with Crippen LogP contribution in [0.25, 0.3) is 11.4 Å². The maximum atomic E-state index is 13.8. The van der Waals surface area contributed by atoms with Crippen LogP contribution in [0.2, 0.25) is 0 Å². The largest absolute Gasteiger partial charge is 0.322 e. The number of anilines is 1. The number of rotatable bonds is 4. The van der Waals surface area contributed by atoms with E-state index in [1.54, 1.807) is 16.8 Å². The summed E-state index contributed by atoms with van der Waals surface area (Å²) in [7, 11) is 0. The molecule has 0 atom stereocenters. The smallest absolute Gasteiger partial charge is 0.258 e. The number of carbonyl (C=O) groups excluding carboxylic acids is 1. The van der Waals surface area contributed by atoms with Gasteiger partial charge in [-0.15, -0.1) is 5.10 Å². The molecule has 1 amide bonds. The van der Waals surface area contributed by atoms with Crippen LogP contribution in [0.1, 0.15) is 29.2 Å². The number of hydrogen-bond acceptors (Lipinski definition) is 4. The van der Waals surface area contributed by atoms with Crippen molar-refractivity contribution in [3.8, 4) is 11.4 Å². The summed E-state index contributed by atoms with van der Waals surface area (Å²) in [5, 5.41) is 13.9. The highest BCUT2D eigenvalue weighted by Gasteiger charge is 2.28. The molecule has 3 aromatic rings. The van der Waals surface area contributed by atoms with E-state index in [2.05, 4.69) is 20.8 Å². The molecule has 0 radical (unpaired) electrons. The summed E-state index contributed by atoms with van der Waals surface area (Å²) in [6.07, 6.45) is 1.94. The molecule has 4 rings (SSSR count). The summed E-state index contributed by atoms with van der Waals surface area (Å²) in [4.78, 5) is 12.2. The van der Waals surface area contributed by atoms with Gasteiger partial charge in [0.05, 0.1) is 11.6 Å². The molecular weight excluding hydrogens is 366 g/mol. The van der Waals surface area contributed by atoms with Gasteiger partial charge in [-0.2, -0.15) is 0 Å². The topological polar surface area (TPSA) is 72.7 Å². The van der Waals surface area contributed by atoms with Gasteiger partial charge in [0.15, 0.2) is 29.1 Å². The Morgan fingerprint density at radius 2 is 1.85 bits per heavy atom. The van der Waals surface area contributed by atoms with Crippen molar-refractivity contribution in [2.45, 2.75) is 18.9 Å². The van der Waals surface area contributed by atoms with E-state index < -0.39 is 34.7 Å². The monoisotopic (exact) mass is 377 g/mol. The second kappa shape index (κ2) is 6.45. The molecule has 1 saturated carbocycles. The maximum absolute atomic E-state index is 13.8. The van der Waals surface area contributed by atoms with E-state index in [-0.39, 0.29) is 11.7 Å². The molecule has 2 aromatic carbocycles. The molecule has 1 fully saturated rings. The van der Waals surface area contributed by atoms with E-state index in [9.17, 15) is 22.4 Å². The molecule has 0 unspecified atom stereocenters. The lowest BCUT2D eigenvalue weighted by Gasteiger charge is -2.09. The Bertz CT molecular complexity index is 1050. The number of tetrazole rings is 1. The first-order valence-corrected chi connectivity index (χ1v) is 7.98. The van der Waals surface area contributed by atoms with Crippen molar-refractivity contribution in [2.75, 3.05) is 5.32 Å². The average molecular weight is 377 g/mol. The minimum Gasteiger partial charge on any atom is -0.322 e. The standard InChI is InChI=1S/C17H11F4N5O/c18-12-7-11(13(19)15(21)14(12)20)17(27)22-9-3-1-2-8(6-9)16-23-24-25-26(16)10-4-5-10/h1-3,6-7,10H,4-5H2,(H,22,27). The zero-order valence-electron chi connectivity index (χ0n) is 13.6. The van der Waals surface area contributed by atoms with Crippen LogP contribution >= 0.6 is 0 Å². The summed E-state index contributed by atoms with van der Waals surface area (Å²) >= 11 is 0. The van der Waals surface area contributed by atoms with Gasteiger partial charge in [-0.05, 0) is 41.5 Å². The van der Waals surface area contributed by atoms with Crippen LogP contribution in [0.15, 0.2) is 30.3 Å². The van der Waals surface area contributed by atoms with E-state index in [1.165, 1.54) is 12.1 Å². The Labute approximate surface area is 149 Å². The lowest BCUT2D eigenvalue weighted by atomic mass is 10.1. The van der Waals surface area contributed by atoms with Gasteiger partial charge in [0.1, 0.15) is 0 Å². The Hall–Kier alpha value is -3.30. The van der Waals surface area contributed by atoms with Gasteiger partial charge in [0.2, 0.25) is 0 Å². The van der Waals surface area contributed by atoms with Crippen LogP contribution in [0.5, 0.6) is 0 Å². The lowest BCUT2D eigenvalue weighted by Crippen LogP contribution is -2.16. The number of aromatic nitrogens is 4. The molecule has 1 aromatic heterocycles. The van der Waals surface area contributed by atoms with Crippen molar-refractivity contribution in [1.29, 1.82) is 0 Å².